The molecule has 0 amide bonds. The fraction of sp³-hybridized carbons (Fsp3) is 0.143. The van der Waals surface area contributed by atoms with Gasteiger partial charge in [0, 0.05) is 5.56 Å². The molecular formula is C7H5BrClFO. The Balaban J connectivity index is 3.29. The summed E-state index contributed by atoms with van der Waals surface area (Å²) in [5.41, 5.74) is 0.126. The predicted molar refractivity (Wildman–Crippen MR) is 45.3 cm³/mol. The summed E-state index contributed by atoms with van der Waals surface area (Å²) < 4.78 is 13.2. The molecule has 1 nitrogen and oxygen atoms in total. The zero-order valence-electron chi connectivity index (χ0n) is 5.44. The van der Waals surface area contributed by atoms with Crippen molar-refractivity contribution >= 4 is 27.5 Å². The minimum atomic E-state index is -0.485. The van der Waals surface area contributed by atoms with Gasteiger partial charge in [0.15, 0.2) is 0 Å². The van der Waals surface area contributed by atoms with Gasteiger partial charge in [0.2, 0.25) is 0 Å². The second kappa shape index (κ2) is 3.41. The van der Waals surface area contributed by atoms with E-state index in [1.54, 1.807) is 0 Å². The van der Waals surface area contributed by atoms with Crippen LogP contribution >= 0.6 is 27.5 Å². The zero-order chi connectivity index (χ0) is 8.43. The van der Waals surface area contributed by atoms with E-state index in [4.69, 9.17) is 11.6 Å². The Bertz CT molecular complexity index is 277. The van der Waals surface area contributed by atoms with Gasteiger partial charge in [0.25, 0.3) is 0 Å². The number of hydrogen-bond donors (Lipinski definition) is 1. The van der Waals surface area contributed by atoms with Gasteiger partial charge in [0.1, 0.15) is 11.6 Å². The van der Waals surface area contributed by atoms with Crippen molar-refractivity contribution in [3.8, 4) is 5.75 Å². The number of phenolic OH excluding ortho intramolecular Hbond substituents is 1. The molecule has 1 N–H and O–H groups in total. The van der Waals surface area contributed by atoms with Crippen molar-refractivity contribution in [2.45, 2.75) is 5.88 Å². The molecule has 1 rings (SSSR count). The maximum Gasteiger partial charge on any atom is 0.137 e. The fourth-order valence-corrected chi connectivity index (χ4v) is 1.34. The molecule has 0 aliphatic carbocycles. The normalized spacial score (nSPS) is 10.1. The van der Waals surface area contributed by atoms with Gasteiger partial charge in [-0.1, -0.05) is 0 Å². The average Bonchev–Trinajstić information content (AvgIpc) is 1.99. The molecule has 0 aromatic heterocycles. The maximum absolute atomic E-state index is 12.8. The Morgan fingerprint density at radius 3 is 2.64 bits per heavy atom. The third-order valence-corrected chi connectivity index (χ3v) is 2.22. The van der Waals surface area contributed by atoms with E-state index in [2.05, 4.69) is 15.9 Å². The summed E-state index contributed by atoms with van der Waals surface area (Å²) >= 11 is 8.43. The molecule has 0 aliphatic heterocycles. The van der Waals surface area contributed by atoms with E-state index in [0.29, 0.717) is 4.47 Å². The number of phenols is 1. The minimum absolute atomic E-state index is 0.0306. The molecule has 0 saturated heterocycles. The van der Waals surface area contributed by atoms with Crippen LogP contribution in [-0.4, -0.2) is 5.11 Å². The van der Waals surface area contributed by atoms with Gasteiger partial charge in [-0.3, -0.25) is 0 Å². The quantitative estimate of drug-likeness (QED) is 0.747. The lowest BCUT2D eigenvalue weighted by molar-refractivity contribution is 0.458. The molecule has 60 valence electrons. The van der Waals surface area contributed by atoms with Crippen molar-refractivity contribution < 1.29 is 9.50 Å². The molecular weight excluding hydrogens is 234 g/mol. The summed E-state index contributed by atoms with van der Waals surface area (Å²) in [6.07, 6.45) is 0. The van der Waals surface area contributed by atoms with Crippen LogP contribution in [0.25, 0.3) is 0 Å². The summed E-state index contributed by atoms with van der Waals surface area (Å²) in [5.74, 6) is -0.641. The van der Waals surface area contributed by atoms with Crippen molar-refractivity contribution in [3.63, 3.8) is 0 Å². The van der Waals surface area contributed by atoms with Gasteiger partial charge in [-0.15, -0.1) is 11.6 Å². The molecule has 0 unspecified atom stereocenters. The standard InChI is InChI=1S/C7H5BrClFO/c8-5-1-2-6(10)4(3-9)7(5)11/h1-2,11H,3H2. The smallest absolute Gasteiger partial charge is 0.137 e. The van der Waals surface area contributed by atoms with Crippen LogP contribution in [0.15, 0.2) is 16.6 Å². The lowest BCUT2D eigenvalue weighted by Crippen LogP contribution is -1.86. The zero-order valence-corrected chi connectivity index (χ0v) is 7.78. The second-order valence-electron chi connectivity index (χ2n) is 1.99. The Morgan fingerprint density at radius 2 is 2.18 bits per heavy atom. The largest absolute Gasteiger partial charge is 0.506 e. The number of alkyl halides is 1. The van der Waals surface area contributed by atoms with Crippen LogP contribution in [0.1, 0.15) is 5.56 Å². The lowest BCUT2D eigenvalue weighted by atomic mass is 10.2. The number of halogens is 3. The predicted octanol–water partition coefficient (Wildman–Crippen LogP) is 3.03. The van der Waals surface area contributed by atoms with Crippen LogP contribution in [0.2, 0.25) is 0 Å². The van der Waals surface area contributed by atoms with E-state index in [-0.39, 0.29) is 17.2 Å². The second-order valence-corrected chi connectivity index (χ2v) is 3.11. The summed E-state index contributed by atoms with van der Waals surface area (Å²) in [6, 6.07) is 2.68. The molecule has 11 heavy (non-hydrogen) atoms. The summed E-state index contributed by atoms with van der Waals surface area (Å²) in [4.78, 5) is 0. The minimum Gasteiger partial charge on any atom is -0.506 e. The van der Waals surface area contributed by atoms with Gasteiger partial charge < -0.3 is 5.11 Å². The molecule has 0 fully saturated rings. The van der Waals surface area contributed by atoms with E-state index in [1.165, 1.54) is 12.1 Å². The molecule has 0 aliphatic rings. The summed E-state index contributed by atoms with van der Waals surface area (Å²) in [5, 5.41) is 9.21. The molecule has 0 radical (unpaired) electrons. The van der Waals surface area contributed by atoms with E-state index >= 15 is 0 Å². The third-order valence-electron chi connectivity index (χ3n) is 1.31. The number of hydrogen-bond acceptors (Lipinski definition) is 1. The Labute approximate surface area is 76.9 Å². The summed E-state index contributed by atoms with van der Waals surface area (Å²) in [7, 11) is 0. The SMILES string of the molecule is Oc1c(Br)ccc(F)c1CCl. The van der Waals surface area contributed by atoms with Crippen LogP contribution in [0.5, 0.6) is 5.75 Å². The fourth-order valence-electron chi connectivity index (χ4n) is 0.710. The monoisotopic (exact) mass is 238 g/mol. The number of rotatable bonds is 1. The highest BCUT2D eigenvalue weighted by atomic mass is 79.9. The first-order chi connectivity index (χ1) is 5.16. The molecule has 0 heterocycles. The summed E-state index contributed by atoms with van der Waals surface area (Å²) in [6.45, 7) is 0. The first-order valence-corrected chi connectivity index (χ1v) is 4.21. The average molecular weight is 239 g/mol. The number of aromatic hydroxyl groups is 1. The Kier molecular flexibility index (Phi) is 2.73. The first kappa shape index (κ1) is 8.81. The molecule has 1 aromatic rings. The van der Waals surface area contributed by atoms with E-state index in [0.717, 1.165) is 0 Å². The van der Waals surface area contributed by atoms with Gasteiger partial charge in [-0.05, 0) is 28.1 Å². The molecule has 0 saturated carbocycles. The molecule has 4 heteroatoms. The molecule has 0 atom stereocenters. The third kappa shape index (κ3) is 1.65. The van der Waals surface area contributed by atoms with Crippen LogP contribution in [0.4, 0.5) is 4.39 Å². The van der Waals surface area contributed by atoms with Gasteiger partial charge in [-0.25, -0.2) is 4.39 Å². The van der Waals surface area contributed by atoms with Crippen LogP contribution in [0, 0.1) is 5.82 Å². The first-order valence-electron chi connectivity index (χ1n) is 2.88. The van der Waals surface area contributed by atoms with Gasteiger partial charge >= 0.3 is 0 Å². The van der Waals surface area contributed by atoms with Crippen molar-refractivity contribution in [2.75, 3.05) is 0 Å². The molecule has 1 aromatic carbocycles. The molecule has 0 bridgehead atoms. The van der Waals surface area contributed by atoms with Crippen molar-refractivity contribution in [1.82, 2.24) is 0 Å². The van der Waals surface area contributed by atoms with Gasteiger partial charge in [-0.2, -0.15) is 0 Å². The number of benzene rings is 1. The maximum atomic E-state index is 12.8. The highest BCUT2D eigenvalue weighted by molar-refractivity contribution is 9.10. The Morgan fingerprint density at radius 1 is 1.55 bits per heavy atom. The van der Waals surface area contributed by atoms with E-state index < -0.39 is 5.82 Å². The van der Waals surface area contributed by atoms with Crippen LogP contribution < -0.4 is 0 Å². The van der Waals surface area contributed by atoms with Crippen molar-refractivity contribution in [3.05, 3.63) is 28.0 Å². The topological polar surface area (TPSA) is 20.2 Å². The van der Waals surface area contributed by atoms with Crippen LogP contribution in [-0.2, 0) is 5.88 Å². The van der Waals surface area contributed by atoms with Crippen molar-refractivity contribution in [1.29, 1.82) is 0 Å². The lowest BCUT2D eigenvalue weighted by Gasteiger charge is -2.02. The van der Waals surface area contributed by atoms with Crippen molar-refractivity contribution in [2.24, 2.45) is 0 Å². The van der Waals surface area contributed by atoms with E-state index in [1.807, 2.05) is 0 Å². The highest BCUT2D eigenvalue weighted by Crippen LogP contribution is 2.30. The van der Waals surface area contributed by atoms with Crippen LogP contribution in [0.3, 0.4) is 0 Å². The highest BCUT2D eigenvalue weighted by Gasteiger charge is 2.09. The molecule has 0 spiro atoms. The van der Waals surface area contributed by atoms with Gasteiger partial charge in [0.05, 0.1) is 10.4 Å². The Hall–Kier alpha value is -0.280. The van der Waals surface area contributed by atoms with E-state index in [9.17, 15) is 9.50 Å².